The zero-order chi connectivity index (χ0) is 13.0. The quantitative estimate of drug-likeness (QED) is 0.823. The second-order valence-electron chi connectivity index (χ2n) is 3.49. The lowest BCUT2D eigenvalue weighted by Crippen LogP contribution is -2.11. The van der Waals surface area contributed by atoms with Gasteiger partial charge in [-0.3, -0.25) is 4.79 Å². The number of hydrogen-bond acceptors (Lipinski definition) is 4. The Bertz CT molecular complexity index is 422. The lowest BCUT2D eigenvalue weighted by atomic mass is 10.1. The zero-order valence-electron chi connectivity index (χ0n) is 9.67. The molecule has 0 aromatic carbocycles. The number of hydrogen-bond donors (Lipinski definition) is 1. The van der Waals surface area contributed by atoms with E-state index in [9.17, 15) is 13.6 Å². The molecule has 1 aromatic heterocycles. The van der Waals surface area contributed by atoms with Gasteiger partial charge in [-0.15, -0.1) is 0 Å². The Morgan fingerprint density at radius 3 is 2.76 bits per heavy atom. The Kier molecular flexibility index (Phi) is 4.37. The van der Waals surface area contributed by atoms with Crippen molar-refractivity contribution in [2.24, 2.45) is 0 Å². The van der Waals surface area contributed by atoms with Crippen molar-refractivity contribution in [1.82, 2.24) is 4.98 Å². The van der Waals surface area contributed by atoms with Gasteiger partial charge < -0.3 is 10.5 Å². The number of aryl methyl sites for hydroxylation is 1. The average molecular weight is 244 g/mol. The van der Waals surface area contributed by atoms with Crippen molar-refractivity contribution in [1.29, 1.82) is 0 Å². The molecule has 17 heavy (non-hydrogen) atoms. The molecule has 94 valence electrons. The molecule has 0 aliphatic heterocycles. The van der Waals surface area contributed by atoms with Gasteiger partial charge in [-0.25, -0.2) is 13.8 Å². The molecule has 0 aliphatic rings. The van der Waals surface area contributed by atoms with Crippen LogP contribution >= 0.6 is 0 Å². The lowest BCUT2D eigenvalue weighted by molar-refractivity contribution is -0.142. The third-order valence-corrected chi connectivity index (χ3v) is 2.24. The van der Waals surface area contributed by atoms with Crippen molar-refractivity contribution in [2.75, 3.05) is 12.3 Å². The lowest BCUT2D eigenvalue weighted by Gasteiger charge is -2.10. The molecule has 0 aliphatic carbocycles. The van der Waals surface area contributed by atoms with E-state index in [-0.39, 0.29) is 35.7 Å². The molecule has 2 N–H and O–H groups in total. The molecular formula is C11H14F2N2O2. The van der Waals surface area contributed by atoms with Gasteiger partial charge in [-0.1, -0.05) is 0 Å². The number of nitrogen functional groups attached to an aromatic ring is 1. The third-order valence-electron chi connectivity index (χ3n) is 2.24. The van der Waals surface area contributed by atoms with Crippen LogP contribution in [0.15, 0.2) is 6.07 Å². The Hall–Kier alpha value is -1.72. The molecule has 1 heterocycles. The zero-order valence-corrected chi connectivity index (χ0v) is 9.67. The molecule has 0 radical (unpaired) electrons. The summed E-state index contributed by atoms with van der Waals surface area (Å²) in [5.41, 5.74) is 5.80. The first-order chi connectivity index (χ1) is 7.95. The largest absolute Gasteiger partial charge is 0.466 e. The van der Waals surface area contributed by atoms with Crippen LogP contribution in [0.1, 0.15) is 30.2 Å². The number of carbonyl (C=O) groups is 1. The fraction of sp³-hybridized carbons (Fsp3) is 0.455. The highest BCUT2D eigenvalue weighted by Crippen LogP contribution is 2.25. The first kappa shape index (κ1) is 13.3. The number of nitrogens with zero attached hydrogens (tertiary/aromatic N) is 1. The number of anilines is 1. The van der Waals surface area contributed by atoms with Crippen LogP contribution < -0.4 is 5.73 Å². The summed E-state index contributed by atoms with van der Waals surface area (Å²) in [7, 11) is 0. The van der Waals surface area contributed by atoms with Crippen LogP contribution in [-0.4, -0.2) is 17.6 Å². The van der Waals surface area contributed by atoms with Crippen LogP contribution in [0.5, 0.6) is 0 Å². The summed E-state index contributed by atoms with van der Waals surface area (Å²) in [6.07, 6.45) is -2.78. The molecule has 6 heteroatoms. The molecule has 0 spiro atoms. The maximum absolute atomic E-state index is 12.6. The van der Waals surface area contributed by atoms with Gasteiger partial charge in [-0.05, 0) is 19.9 Å². The van der Waals surface area contributed by atoms with Gasteiger partial charge in [0, 0.05) is 16.8 Å². The van der Waals surface area contributed by atoms with E-state index in [0.717, 1.165) is 0 Å². The molecule has 0 saturated heterocycles. The highest BCUT2D eigenvalue weighted by atomic mass is 19.3. The van der Waals surface area contributed by atoms with Gasteiger partial charge in [0.1, 0.15) is 5.82 Å². The Balaban J connectivity index is 2.99. The van der Waals surface area contributed by atoms with Gasteiger partial charge >= 0.3 is 5.97 Å². The van der Waals surface area contributed by atoms with E-state index in [1.807, 2.05) is 0 Å². The average Bonchev–Trinajstić information content (AvgIpc) is 2.21. The van der Waals surface area contributed by atoms with Crippen molar-refractivity contribution in [3.63, 3.8) is 0 Å². The summed E-state index contributed by atoms with van der Waals surface area (Å²) in [5, 5.41) is 0. The van der Waals surface area contributed by atoms with E-state index in [0.29, 0.717) is 0 Å². The molecule has 0 amide bonds. The van der Waals surface area contributed by atoms with Crippen molar-refractivity contribution in [3.05, 3.63) is 22.9 Å². The summed E-state index contributed by atoms with van der Waals surface area (Å²) in [6, 6.07) is 1.21. The second-order valence-corrected chi connectivity index (χ2v) is 3.49. The fourth-order valence-corrected chi connectivity index (χ4v) is 1.41. The number of ether oxygens (including phenoxy) is 1. The van der Waals surface area contributed by atoms with Crippen LogP contribution in [-0.2, 0) is 16.0 Å². The predicted molar refractivity (Wildman–Crippen MR) is 58.7 cm³/mol. The summed E-state index contributed by atoms with van der Waals surface area (Å²) in [5.74, 6) is -0.426. The van der Waals surface area contributed by atoms with E-state index in [1.54, 1.807) is 6.92 Å². The van der Waals surface area contributed by atoms with Crippen molar-refractivity contribution < 1.29 is 18.3 Å². The molecule has 1 aromatic rings. The van der Waals surface area contributed by atoms with Crippen LogP contribution in [0.4, 0.5) is 14.6 Å². The van der Waals surface area contributed by atoms with E-state index in [4.69, 9.17) is 10.5 Å². The van der Waals surface area contributed by atoms with Crippen LogP contribution in [0.25, 0.3) is 0 Å². The number of esters is 1. The maximum atomic E-state index is 12.6. The van der Waals surface area contributed by atoms with Crippen LogP contribution in [0, 0.1) is 6.92 Å². The van der Waals surface area contributed by atoms with Crippen molar-refractivity contribution in [3.8, 4) is 0 Å². The first-order valence-electron chi connectivity index (χ1n) is 5.15. The predicted octanol–water partition coefficient (Wildman–Crippen LogP) is 2.02. The van der Waals surface area contributed by atoms with E-state index in [1.165, 1.54) is 13.0 Å². The number of rotatable bonds is 4. The van der Waals surface area contributed by atoms with E-state index in [2.05, 4.69) is 4.98 Å². The molecule has 1 rings (SSSR count). The van der Waals surface area contributed by atoms with Crippen LogP contribution in [0.3, 0.4) is 0 Å². The van der Waals surface area contributed by atoms with Gasteiger partial charge in [0.15, 0.2) is 0 Å². The number of aromatic nitrogens is 1. The number of halogens is 2. The summed E-state index contributed by atoms with van der Waals surface area (Å²) >= 11 is 0. The summed E-state index contributed by atoms with van der Waals surface area (Å²) < 4.78 is 30.0. The second kappa shape index (κ2) is 5.56. The molecule has 0 unspecified atom stereocenters. The van der Waals surface area contributed by atoms with Gasteiger partial charge in [0.25, 0.3) is 6.43 Å². The minimum atomic E-state index is -2.64. The van der Waals surface area contributed by atoms with Crippen molar-refractivity contribution in [2.45, 2.75) is 26.7 Å². The Labute approximate surface area is 97.8 Å². The Morgan fingerprint density at radius 2 is 2.24 bits per heavy atom. The minimum Gasteiger partial charge on any atom is -0.466 e. The highest BCUT2D eigenvalue weighted by molar-refractivity contribution is 5.74. The fourth-order valence-electron chi connectivity index (χ4n) is 1.41. The Morgan fingerprint density at radius 1 is 1.59 bits per heavy atom. The topological polar surface area (TPSA) is 65.2 Å². The standard InChI is InChI=1S/C11H14F2N2O2/c1-3-17-9(16)5-7-4-8(10(12)13)6(2)15-11(7)14/h4,10H,3,5H2,1-2H3,(H2,14,15). The molecule has 0 bridgehead atoms. The minimum absolute atomic E-state index is 0.0833. The van der Waals surface area contributed by atoms with E-state index >= 15 is 0 Å². The molecular weight excluding hydrogens is 230 g/mol. The van der Waals surface area contributed by atoms with Crippen LogP contribution in [0.2, 0.25) is 0 Å². The summed E-state index contributed by atoms with van der Waals surface area (Å²) in [4.78, 5) is 15.0. The normalized spacial score (nSPS) is 10.6. The third kappa shape index (κ3) is 3.37. The number of nitrogens with two attached hydrogens (primary N) is 1. The number of alkyl halides is 2. The maximum Gasteiger partial charge on any atom is 0.310 e. The SMILES string of the molecule is CCOC(=O)Cc1cc(C(F)F)c(C)nc1N. The number of pyridine rings is 1. The summed E-state index contributed by atoms with van der Waals surface area (Å²) in [6.45, 7) is 3.35. The monoisotopic (exact) mass is 244 g/mol. The van der Waals surface area contributed by atoms with E-state index < -0.39 is 12.4 Å². The van der Waals surface area contributed by atoms with Gasteiger partial charge in [0.05, 0.1) is 13.0 Å². The first-order valence-corrected chi connectivity index (χ1v) is 5.15. The molecule has 4 nitrogen and oxygen atoms in total. The molecule has 0 saturated carbocycles. The van der Waals surface area contributed by atoms with Crippen molar-refractivity contribution >= 4 is 11.8 Å². The molecule has 0 atom stereocenters. The molecule has 0 fully saturated rings. The highest BCUT2D eigenvalue weighted by Gasteiger charge is 2.16. The van der Waals surface area contributed by atoms with Gasteiger partial charge in [0.2, 0.25) is 0 Å². The number of carbonyl (C=O) groups excluding carboxylic acids is 1. The van der Waals surface area contributed by atoms with Gasteiger partial charge in [-0.2, -0.15) is 0 Å². The smallest absolute Gasteiger partial charge is 0.310 e.